The van der Waals surface area contributed by atoms with E-state index in [1.807, 2.05) is 0 Å². The molecule has 1 aromatic carbocycles. The Labute approximate surface area is 110 Å². The Balaban J connectivity index is 2.03. The van der Waals surface area contributed by atoms with Gasteiger partial charge in [-0.05, 0) is 38.6 Å². The van der Waals surface area contributed by atoms with Crippen molar-refractivity contribution in [1.82, 2.24) is 4.90 Å². The van der Waals surface area contributed by atoms with Crippen molar-refractivity contribution >= 4 is 5.69 Å². The van der Waals surface area contributed by atoms with Crippen molar-refractivity contribution in [3.05, 3.63) is 29.3 Å². The molecule has 2 heterocycles. The molecule has 1 aromatic rings. The number of likely N-dealkylation sites (tertiary alicyclic amines) is 1. The van der Waals surface area contributed by atoms with Crippen molar-refractivity contribution in [1.29, 1.82) is 0 Å². The van der Waals surface area contributed by atoms with E-state index in [0.717, 1.165) is 6.54 Å². The number of rotatable bonds is 0. The number of piperidine rings is 1. The predicted molar refractivity (Wildman–Crippen MR) is 75.9 cm³/mol. The molecule has 2 aliphatic heterocycles. The molecule has 0 aromatic heterocycles. The van der Waals surface area contributed by atoms with E-state index in [2.05, 4.69) is 49.0 Å². The van der Waals surface area contributed by atoms with Gasteiger partial charge in [-0.15, -0.1) is 0 Å². The van der Waals surface area contributed by atoms with Gasteiger partial charge in [0.1, 0.15) is 0 Å². The summed E-state index contributed by atoms with van der Waals surface area (Å²) < 4.78 is 0. The molecule has 3 nitrogen and oxygen atoms in total. The summed E-state index contributed by atoms with van der Waals surface area (Å²) in [5, 5.41) is 0. The number of hydrogen-bond acceptors (Lipinski definition) is 3. The van der Waals surface area contributed by atoms with Gasteiger partial charge < -0.3 is 15.5 Å². The van der Waals surface area contributed by atoms with Gasteiger partial charge in [-0.1, -0.05) is 17.7 Å². The molecular weight excluding hydrogens is 222 g/mol. The first-order chi connectivity index (χ1) is 8.58. The van der Waals surface area contributed by atoms with Gasteiger partial charge in [0.05, 0.1) is 0 Å². The highest BCUT2D eigenvalue weighted by molar-refractivity contribution is 5.59. The van der Waals surface area contributed by atoms with Gasteiger partial charge in [0, 0.05) is 37.3 Å². The maximum Gasteiger partial charge on any atom is 0.0414 e. The Morgan fingerprint density at radius 2 is 2.06 bits per heavy atom. The average molecular weight is 245 g/mol. The minimum Gasteiger partial charge on any atom is -0.371 e. The molecular formula is C15H23N3. The number of fused-ring (bicyclic) bond motifs is 2. The summed E-state index contributed by atoms with van der Waals surface area (Å²) in [6, 6.07) is 7.48. The predicted octanol–water partition coefficient (Wildman–Crippen LogP) is 1.76. The summed E-state index contributed by atoms with van der Waals surface area (Å²) in [6.45, 7) is 4.44. The first-order valence-electron chi connectivity index (χ1n) is 6.85. The molecule has 0 amide bonds. The minimum absolute atomic E-state index is 0.184. The molecule has 18 heavy (non-hydrogen) atoms. The number of hydrogen-bond donors (Lipinski definition) is 1. The molecule has 3 rings (SSSR count). The van der Waals surface area contributed by atoms with Crippen molar-refractivity contribution < 1.29 is 0 Å². The monoisotopic (exact) mass is 245 g/mol. The second kappa shape index (κ2) is 4.25. The topological polar surface area (TPSA) is 32.5 Å². The molecule has 0 aliphatic carbocycles. The Hall–Kier alpha value is -1.06. The van der Waals surface area contributed by atoms with Gasteiger partial charge in [0.2, 0.25) is 0 Å². The van der Waals surface area contributed by atoms with Crippen molar-refractivity contribution in [2.24, 2.45) is 11.7 Å². The highest BCUT2D eigenvalue weighted by Crippen LogP contribution is 2.41. The number of anilines is 1. The van der Waals surface area contributed by atoms with Crippen LogP contribution in [0.1, 0.15) is 23.6 Å². The fourth-order valence-electron chi connectivity index (χ4n) is 3.64. The smallest absolute Gasteiger partial charge is 0.0414 e. The van der Waals surface area contributed by atoms with Crippen LogP contribution >= 0.6 is 0 Å². The van der Waals surface area contributed by atoms with Gasteiger partial charge >= 0.3 is 0 Å². The van der Waals surface area contributed by atoms with Gasteiger partial charge in [0.25, 0.3) is 0 Å². The van der Waals surface area contributed by atoms with E-state index in [1.54, 1.807) is 0 Å². The second-order valence-corrected chi connectivity index (χ2v) is 5.98. The van der Waals surface area contributed by atoms with Crippen LogP contribution in [0.25, 0.3) is 0 Å². The van der Waals surface area contributed by atoms with Gasteiger partial charge in [0.15, 0.2) is 0 Å². The zero-order valence-electron chi connectivity index (χ0n) is 11.6. The zero-order valence-corrected chi connectivity index (χ0v) is 11.6. The molecule has 98 valence electrons. The van der Waals surface area contributed by atoms with Crippen LogP contribution in [0.3, 0.4) is 0 Å². The Kier molecular flexibility index (Phi) is 2.83. The van der Waals surface area contributed by atoms with E-state index in [-0.39, 0.29) is 6.04 Å². The average Bonchev–Trinajstić information content (AvgIpc) is 2.35. The summed E-state index contributed by atoms with van der Waals surface area (Å²) >= 11 is 0. The lowest BCUT2D eigenvalue weighted by molar-refractivity contribution is 0.154. The van der Waals surface area contributed by atoms with Crippen LogP contribution in [0.5, 0.6) is 0 Å². The van der Waals surface area contributed by atoms with E-state index >= 15 is 0 Å². The van der Waals surface area contributed by atoms with Crippen LogP contribution in [-0.4, -0.2) is 38.1 Å². The number of nitrogens with zero attached hydrogens (tertiary/aromatic N) is 2. The van der Waals surface area contributed by atoms with E-state index in [4.69, 9.17) is 5.73 Å². The number of aryl methyl sites for hydroxylation is 1. The highest BCUT2D eigenvalue weighted by atomic mass is 15.2. The lowest BCUT2D eigenvalue weighted by Crippen LogP contribution is -2.55. The molecule has 2 aliphatic rings. The third-order valence-electron chi connectivity index (χ3n) is 4.70. The van der Waals surface area contributed by atoms with Crippen molar-refractivity contribution in [2.45, 2.75) is 25.4 Å². The molecule has 1 saturated heterocycles. The Bertz CT molecular complexity index is 457. The van der Waals surface area contributed by atoms with Crippen molar-refractivity contribution in [2.75, 3.05) is 32.1 Å². The molecule has 3 atom stereocenters. The van der Waals surface area contributed by atoms with Gasteiger partial charge in [-0.2, -0.15) is 0 Å². The number of nitrogens with two attached hydrogens (primary N) is 1. The van der Waals surface area contributed by atoms with Gasteiger partial charge in [-0.3, -0.25) is 0 Å². The van der Waals surface area contributed by atoms with Crippen LogP contribution in [-0.2, 0) is 0 Å². The molecule has 0 bridgehead atoms. The normalized spacial score (nSPS) is 32.0. The van der Waals surface area contributed by atoms with Crippen molar-refractivity contribution in [3.8, 4) is 0 Å². The van der Waals surface area contributed by atoms with Crippen LogP contribution in [0, 0.1) is 12.8 Å². The standard InChI is InChI=1S/C15H23N3/c1-10-4-5-13-11(8-10)15(16)12-9-17(2)7-6-14(12)18(13)3/h4-5,8,12,14-15H,6-7,9,16H2,1-3H3. The lowest BCUT2D eigenvalue weighted by Gasteiger charge is -2.49. The van der Waals surface area contributed by atoms with Crippen molar-refractivity contribution in [3.63, 3.8) is 0 Å². The van der Waals surface area contributed by atoms with E-state index in [9.17, 15) is 0 Å². The van der Waals surface area contributed by atoms with Crippen LogP contribution in [0.2, 0.25) is 0 Å². The molecule has 1 fully saturated rings. The summed E-state index contributed by atoms with van der Waals surface area (Å²) in [7, 11) is 4.43. The number of benzene rings is 1. The second-order valence-electron chi connectivity index (χ2n) is 5.98. The molecule has 3 unspecified atom stereocenters. The fourth-order valence-corrected chi connectivity index (χ4v) is 3.64. The first-order valence-corrected chi connectivity index (χ1v) is 6.85. The molecule has 0 radical (unpaired) electrons. The molecule has 0 saturated carbocycles. The van der Waals surface area contributed by atoms with E-state index in [0.29, 0.717) is 12.0 Å². The van der Waals surface area contributed by atoms with Crippen LogP contribution in [0.15, 0.2) is 18.2 Å². The van der Waals surface area contributed by atoms with Gasteiger partial charge in [-0.25, -0.2) is 0 Å². The third-order valence-corrected chi connectivity index (χ3v) is 4.70. The van der Waals surface area contributed by atoms with Crippen LogP contribution < -0.4 is 10.6 Å². The molecule has 3 heteroatoms. The lowest BCUT2D eigenvalue weighted by atomic mass is 9.78. The quantitative estimate of drug-likeness (QED) is 0.756. The summed E-state index contributed by atoms with van der Waals surface area (Å²) in [5.41, 5.74) is 10.5. The van der Waals surface area contributed by atoms with Crippen LogP contribution in [0.4, 0.5) is 5.69 Å². The van der Waals surface area contributed by atoms with E-state index < -0.39 is 0 Å². The summed E-state index contributed by atoms with van der Waals surface area (Å²) in [6.07, 6.45) is 1.22. The molecule has 2 N–H and O–H groups in total. The largest absolute Gasteiger partial charge is 0.371 e. The minimum atomic E-state index is 0.184. The summed E-state index contributed by atoms with van der Waals surface area (Å²) in [5.74, 6) is 0.558. The zero-order chi connectivity index (χ0) is 12.9. The first kappa shape index (κ1) is 12.0. The highest BCUT2D eigenvalue weighted by Gasteiger charge is 2.40. The Morgan fingerprint density at radius 3 is 2.83 bits per heavy atom. The third kappa shape index (κ3) is 1.73. The Morgan fingerprint density at radius 1 is 1.28 bits per heavy atom. The maximum atomic E-state index is 6.54. The SMILES string of the molecule is Cc1ccc2c(c1)C(N)C1CN(C)CCC1N2C. The van der Waals surface area contributed by atoms with E-state index in [1.165, 1.54) is 29.8 Å². The summed E-state index contributed by atoms with van der Waals surface area (Å²) in [4.78, 5) is 4.87. The molecule has 0 spiro atoms. The maximum absolute atomic E-state index is 6.54. The fraction of sp³-hybridized carbons (Fsp3) is 0.600.